The second-order valence-electron chi connectivity index (χ2n) is 4.11. The maximum Gasteiger partial charge on any atom is 0.263 e. The molecule has 0 radical (unpaired) electrons. The lowest BCUT2D eigenvalue weighted by atomic mass is 10.3. The molecule has 4 nitrogen and oxygen atoms in total. The molecule has 0 fully saturated rings. The van der Waals surface area contributed by atoms with Crippen LogP contribution in [-0.2, 0) is 10.0 Å². The molecule has 0 bridgehead atoms. The monoisotopic (exact) mass is 345 g/mol. The standard InChI is InChI=1S/C14H13Cl2NO3S/c1-2-20-11-8-6-10(7-9-11)17-21(18,19)13-5-3-4-12(15)14(13)16/h3-9,17H,2H2,1H3. The Balaban J connectivity index is 2.27. The van der Waals surface area contributed by atoms with Gasteiger partial charge in [-0.1, -0.05) is 29.3 Å². The van der Waals surface area contributed by atoms with Crippen LogP contribution in [0.5, 0.6) is 5.75 Å². The summed E-state index contributed by atoms with van der Waals surface area (Å²) in [5.41, 5.74) is 0.412. The van der Waals surface area contributed by atoms with Crippen LogP contribution in [0.15, 0.2) is 47.4 Å². The third kappa shape index (κ3) is 3.81. The SMILES string of the molecule is CCOc1ccc(NS(=O)(=O)c2cccc(Cl)c2Cl)cc1. The minimum absolute atomic E-state index is 0.00222. The van der Waals surface area contributed by atoms with Crippen LogP contribution in [0.25, 0.3) is 0 Å². The summed E-state index contributed by atoms with van der Waals surface area (Å²) in [7, 11) is -3.80. The predicted octanol–water partition coefficient (Wildman–Crippen LogP) is 4.19. The molecule has 0 aliphatic carbocycles. The predicted molar refractivity (Wildman–Crippen MR) is 84.9 cm³/mol. The molecule has 2 aromatic rings. The number of ether oxygens (including phenoxy) is 1. The van der Waals surface area contributed by atoms with Crippen LogP contribution >= 0.6 is 23.2 Å². The maximum absolute atomic E-state index is 12.3. The zero-order valence-corrected chi connectivity index (χ0v) is 13.5. The summed E-state index contributed by atoms with van der Waals surface area (Å²) in [6.45, 7) is 2.42. The van der Waals surface area contributed by atoms with Crippen molar-refractivity contribution in [2.24, 2.45) is 0 Å². The first-order valence-electron chi connectivity index (χ1n) is 6.13. The largest absolute Gasteiger partial charge is 0.494 e. The second-order valence-corrected chi connectivity index (χ2v) is 6.55. The first-order chi connectivity index (χ1) is 9.94. The molecule has 0 spiro atoms. The number of sulfonamides is 1. The normalized spacial score (nSPS) is 11.2. The van der Waals surface area contributed by atoms with Crippen LogP contribution in [0.1, 0.15) is 6.92 Å². The van der Waals surface area contributed by atoms with Crippen LogP contribution in [0, 0.1) is 0 Å². The van der Waals surface area contributed by atoms with Crippen molar-refractivity contribution in [1.29, 1.82) is 0 Å². The van der Waals surface area contributed by atoms with Gasteiger partial charge in [0.25, 0.3) is 10.0 Å². The average Bonchev–Trinajstić information content (AvgIpc) is 2.44. The summed E-state index contributed by atoms with van der Waals surface area (Å²) in [5.74, 6) is 0.668. The molecule has 0 aliphatic rings. The fraction of sp³-hybridized carbons (Fsp3) is 0.143. The van der Waals surface area contributed by atoms with E-state index in [2.05, 4.69) is 4.72 Å². The molecule has 0 heterocycles. The van der Waals surface area contributed by atoms with E-state index in [4.69, 9.17) is 27.9 Å². The Morgan fingerprint density at radius 1 is 1.10 bits per heavy atom. The molecule has 0 saturated heterocycles. The van der Waals surface area contributed by atoms with E-state index in [0.717, 1.165) is 0 Å². The summed E-state index contributed by atoms with van der Waals surface area (Å²) in [6, 6.07) is 11.0. The van der Waals surface area contributed by atoms with Crippen LogP contribution in [0.4, 0.5) is 5.69 Å². The first-order valence-corrected chi connectivity index (χ1v) is 8.37. The van der Waals surface area contributed by atoms with Gasteiger partial charge in [-0.3, -0.25) is 4.72 Å². The van der Waals surface area contributed by atoms with E-state index in [1.165, 1.54) is 18.2 Å². The van der Waals surface area contributed by atoms with E-state index >= 15 is 0 Å². The quantitative estimate of drug-likeness (QED) is 0.883. The smallest absolute Gasteiger partial charge is 0.263 e. The second kappa shape index (κ2) is 6.56. The number of nitrogens with one attached hydrogen (secondary N) is 1. The molecule has 0 amide bonds. The lowest BCUT2D eigenvalue weighted by molar-refractivity contribution is 0.340. The third-order valence-corrected chi connectivity index (χ3v) is 4.98. The van der Waals surface area contributed by atoms with E-state index in [1.54, 1.807) is 24.3 Å². The van der Waals surface area contributed by atoms with Gasteiger partial charge < -0.3 is 4.74 Å². The van der Waals surface area contributed by atoms with Gasteiger partial charge in [-0.05, 0) is 43.3 Å². The van der Waals surface area contributed by atoms with E-state index < -0.39 is 10.0 Å². The van der Waals surface area contributed by atoms with Gasteiger partial charge in [0.1, 0.15) is 10.6 Å². The Labute approximate surface area is 133 Å². The fourth-order valence-corrected chi connectivity index (χ4v) is 3.51. The van der Waals surface area contributed by atoms with Crippen molar-refractivity contribution in [1.82, 2.24) is 0 Å². The van der Waals surface area contributed by atoms with Crippen molar-refractivity contribution in [3.05, 3.63) is 52.5 Å². The van der Waals surface area contributed by atoms with Gasteiger partial charge in [0.15, 0.2) is 0 Å². The minimum atomic E-state index is -3.80. The Kier molecular flexibility index (Phi) is 4.98. The summed E-state index contributed by atoms with van der Waals surface area (Å²) in [5, 5.41) is 0.184. The van der Waals surface area contributed by atoms with Crippen molar-refractivity contribution in [3.63, 3.8) is 0 Å². The molecule has 0 saturated carbocycles. The highest BCUT2D eigenvalue weighted by Crippen LogP contribution is 2.30. The van der Waals surface area contributed by atoms with Crippen LogP contribution in [0.3, 0.4) is 0 Å². The van der Waals surface area contributed by atoms with Crippen LogP contribution < -0.4 is 9.46 Å². The zero-order chi connectivity index (χ0) is 15.5. The third-order valence-electron chi connectivity index (χ3n) is 2.62. The highest BCUT2D eigenvalue weighted by molar-refractivity contribution is 7.92. The lowest BCUT2D eigenvalue weighted by Crippen LogP contribution is -2.13. The molecular weight excluding hydrogens is 333 g/mol. The van der Waals surface area contributed by atoms with Gasteiger partial charge in [0, 0.05) is 5.69 Å². The molecular formula is C14H13Cl2NO3S. The summed E-state index contributed by atoms with van der Waals surface area (Å²) >= 11 is 11.8. The van der Waals surface area contributed by atoms with Crippen molar-refractivity contribution >= 4 is 38.9 Å². The molecule has 2 rings (SSSR count). The maximum atomic E-state index is 12.3. The van der Waals surface area contributed by atoms with Crippen molar-refractivity contribution in [2.75, 3.05) is 11.3 Å². The first kappa shape index (κ1) is 15.9. The van der Waals surface area contributed by atoms with E-state index in [9.17, 15) is 8.42 Å². The van der Waals surface area contributed by atoms with Crippen molar-refractivity contribution in [3.8, 4) is 5.75 Å². The van der Waals surface area contributed by atoms with Crippen LogP contribution in [-0.4, -0.2) is 15.0 Å². The fourth-order valence-electron chi connectivity index (χ4n) is 1.69. The van der Waals surface area contributed by atoms with Gasteiger partial charge in [-0.25, -0.2) is 8.42 Å². The minimum Gasteiger partial charge on any atom is -0.494 e. The summed E-state index contributed by atoms with van der Waals surface area (Å²) in [4.78, 5) is -0.0643. The average molecular weight is 346 g/mol. The lowest BCUT2D eigenvalue weighted by Gasteiger charge is -2.11. The zero-order valence-electron chi connectivity index (χ0n) is 11.1. The molecule has 0 aliphatic heterocycles. The van der Waals surface area contributed by atoms with E-state index in [0.29, 0.717) is 18.0 Å². The molecule has 21 heavy (non-hydrogen) atoms. The molecule has 0 aromatic heterocycles. The summed E-state index contributed by atoms with van der Waals surface area (Å²) in [6.07, 6.45) is 0. The van der Waals surface area contributed by atoms with Gasteiger partial charge in [0.05, 0.1) is 16.7 Å². The van der Waals surface area contributed by atoms with Gasteiger partial charge in [-0.2, -0.15) is 0 Å². The molecule has 2 aromatic carbocycles. The Hall–Kier alpha value is -1.43. The number of hydrogen-bond acceptors (Lipinski definition) is 3. The Morgan fingerprint density at radius 3 is 2.38 bits per heavy atom. The molecule has 112 valence electrons. The number of anilines is 1. The molecule has 0 atom stereocenters. The molecule has 0 unspecified atom stereocenters. The molecule has 1 N–H and O–H groups in total. The number of rotatable bonds is 5. The molecule has 7 heteroatoms. The van der Waals surface area contributed by atoms with Gasteiger partial charge in [-0.15, -0.1) is 0 Å². The highest BCUT2D eigenvalue weighted by atomic mass is 35.5. The van der Waals surface area contributed by atoms with Gasteiger partial charge >= 0.3 is 0 Å². The number of halogens is 2. The van der Waals surface area contributed by atoms with Crippen molar-refractivity contribution < 1.29 is 13.2 Å². The topological polar surface area (TPSA) is 55.4 Å². The van der Waals surface area contributed by atoms with Gasteiger partial charge in [0.2, 0.25) is 0 Å². The number of hydrogen-bond donors (Lipinski definition) is 1. The Bertz CT molecular complexity index is 730. The summed E-state index contributed by atoms with van der Waals surface area (Å²) < 4.78 is 32.3. The number of benzene rings is 2. The van der Waals surface area contributed by atoms with E-state index in [-0.39, 0.29) is 14.9 Å². The Morgan fingerprint density at radius 2 is 1.76 bits per heavy atom. The van der Waals surface area contributed by atoms with E-state index in [1.807, 2.05) is 6.92 Å². The van der Waals surface area contributed by atoms with Crippen LogP contribution in [0.2, 0.25) is 10.0 Å². The highest BCUT2D eigenvalue weighted by Gasteiger charge is 2.19. The van der Waals surface area contributed by atoms with Crippen molar-refractivity contribution in [2.45, 2.75) is 11.8 Å².